The Bertz CT molecular complexity index is 417. The van der Waals surface area contributed by atoms with Crippen molar-refractivity contribution in [3.63, 3.8) is 0 Å². The van der Waals surface area contributed by atoms with E-state index in [0.29, 0.717) is 5.02 Å². The summed E-state index contributed by atoms with van der Waals surface area (Å²) >= 11 is 5.92. The van der Waals surface area contributed by atoms with Crippen LogP contribution >= 0.6 is 24.0 Å². The van der Waals surface area contributed by atoms with Gasteiger partial charge in [-0.2, -0.15) is 0 Å². The third-order valence-corrected chi connectivity index (χ3v) is 3.40. The molecule has 3 nitrogen and oxygen atoms in total. The van der Waals surface area contributed by atoms with Gasteiger partial charge < -0.3 is 10.6 Å². The van der Waals surface area contributed by atoms with Gasteiger partial charge in [-0.25, -0.2) is 0 Å². The van der Waals surface area contributed by atoms with Gasteiger partial charge in [0.2, 0.25) is 5.91 Å². The third kappa shape index (κ3) is 3.87. The maximum Gasteiger partial charge on any atom is 0.227 e. The predicted molar refractivity (Wildman–Crippen MR) is 77.7 cm³/mol. The van der Waals surface area contributed by atoms with Crippen LogP contribution in [0.5, 0.6) is 0 Å². The van der Waals surface area contributed by atoms with E-state index in [2.05, 4.69) is 10.6 Å². The molecule has 0 spiro atoms. The topological polar surface area (TPSA) is 41.1 Å². The minimum atomic E-state index is 0. The van der Waals surface area contributed by atoms with Crippen molar-refractivity contribution < 1.29 is 4.79 Å². The fourth-order valence-corrected chi connectivity index (χ4v) is 2.22. The molecule has 0 unspecified atom stereocenters. The summed E-state index contributed by atoms with van der Waals surface area (Å²) in [5.74, 6) is 0.228. The highest BCUT2D eigenvalue weighted by Crippen LogP contribution is 2.22. The van der Waals surface area contributed by atoms with Crippen LogP contribution in [-0.2, 0) is 4.79 Å². The fraction of sp³-hybridized carbons (Fsp3) is 0.462. The first-order valence-electron chi connectivity index (χ1n) is 5.94. The summed E-state index contributed by atoms with van der Waals surface area (Å²) in [4.78, 5) is 12.0. The first-order valence-corrected chi connectivity index (χ1v) is 6.32. The Morgan fingerprint density at radius 3 is 2.72 bits per heavy atom. The maximum atomic E-state index is 12.0. The van der Waals surface area contributed by atoms with Gasteiger partial charge in [-0.3, -0.25) is 4.79 Å². The zero-order valence-electron chi connectivity index (χ0n) is 10.3. The maximum absolute atomic E-state index is 12.0. The van der Waals surface area contributed by atoms with Crippen LogP contribution in [0, 0.1) is 12.8 Å². The van der Waals surface area contributed by atoms with Crippen LogP contribution in [-0.4, -0.2) is 19.0 Å². The molecule has 1 aliphatic heterocycles. The Hall–Kier alpha value is -0.770. The smallest absolute Gasteiger partial charge is 0.227 e. The van der Waals surface area contributed by atoms with Crippen molar-refractivity contribution in [1.29, 1.82) is 0 Å². The van der Waals surface area contributed by atoms with Crippen LogP contribution in [0.3, 0.4) is 0 Å². The lowest BCUT2D eigenvalue weighted by molar-refractivity contribution is -0.120. The molecular formula is C13H18Cl2N2O. The van der Waals surface area contributed by atoms with Gasteiger partial charge in [0.05, 0.1) is 0 Å². The highest BCUT2D eigenvalue weighted by molar-refractivity contribution is 6.31. The molecule has 100 valence electrons. The number of anilines is 1. The fourth-order valence-electron chi connectivity index (χ4n) is 2.05. The van der Waals surface area contributed by atoms with Crippen LogP contribution in [0.15, 0.2) is 18.2 Å². The molecule has 2 N–H and O–H groups in total. The molecule has 1 heterocycles. The van der Waals surface area contributed by atoms with Gasteiger partial charge in [0, 0.05) is 16.6 Å². The van der Waals surface area contributed by atoms with Crippen molar-refractivity contribution in [2.75, 3.05) is 18.4 Å². The van der Waals surface area contributed by atoms with Crippen molar-refractivity contribution in [3.8, 4) is 0 Å². The number of nitrogens with one attached hydrogen (secondary N) is 2. The van der Waals surface area contributed by atoms with Crippen molar-refractivity contribution in [3.05, 3.63) is 28.8 Å². The molecule has 18 heavy (non-hydrogen) atoms. The summed E-state index contributed by atoms with van der Waals surface area (Å²) in [7, 11) is 0. The molecule has 5 heteroatoms. The lowest BCUT2D eigenvalue weighted by Crippen LogP contribution is -2.34. The average Bonchev–Trinajstić information content (AvgIpc) is 2.35. The summed E-state index contributed by atoms with van der Waals surface area (Å²) in [6.07, 6.45) is 1.82. The van der Waals surface area contributed by atoms with E-state index in [4.69, 9.17) is 11.6 Å². The van der Waals surface area contributed by atoms with Gasteiger partial charge in [-0.15, -0.1) is 12.4 Å². The SMILES string of the molecule is Cc1ccc(Cl)cc1NC(=O)C1CCNCC1.Cl. The number of hydrogen-bond donors (Lipinski definition) is 2. The van der Waals surface area contributed by atoms with Crippen LogP contribution < -0.4 is 10.6 Å². The quantitative estimate of drug-likeness (QED) is 0.878. The number of benzene rings is 1. The average molecular weight is 289 g/mol. The molecule has 1 aromatic rings. The van der Waals surface area contributed by atoms with E-state index in [1.54, 1.807) is 6.07 Å². The van der Waals surface area contributed by atoms with E-state index in [9.17, 15) is 4.79 Å². The number of aryl methyl sites for hydroxylation is 1. The van der Waals surface area contributed by atoms with Crippen LogP contribution in [0.2, 0.25) is 5.02 Å². The second kappa shape index (κ2) is 6.98. The molecular weight excluding hydrogens is 271 g/mol. The molecule has 0 saturated carbocycles. The van der Waals surface area contributed by atoms with E-state index in [-0.39, 0.29) is 24.2 Å². The van der Waals surface area contributed by atoms with Crippen molar-refractivity contribution in [1.82, 2.24) is 5.32 Å². The largest absolute Gasteiger partial charge is 0.326 e. The highest BCUT2D eigenvalue weighted by Gasteiger charge is 2.21. The molecule has 1 amide bonds. The highest BCUT2D eigenvalue weighted by atomic mass is 35.5. The number of carbonyl (C=O) groups excluding carboxylic acids is 1. The van der Waals surface area contributed by atoms with Gasteiger partial charge in [-0.05, 0) is 50.6 Å². The predicted octanol–water partition coefficient (Wildman–Crippen LogP) is 3.01. The number of halogens is 2. The number of amides is 1. The summed E-state index contributed by atoms with van der Waals surface area (Å²) in [6, 6.07) is 5.55. The van der Waals surface area contributed by atoms with Crippen molar-refractivity contribution in [2.45, 2.75) is 19.8 Å². The van der Waals surface area contributed by atoms with Gasteiger partial charge in [0.15, 0.2) is 0 Å². The normalized spacial score (nSPS) is 15.9. The Kier molecular flexibility index (Phi) is 5.93. The summed E-state index contributed by atoms with van der Waals surface area (Å²) < 4.78 is 0. The first kappa shape index (κ1) is 15.3. The Labute approximate surface area is 119 Å². The second-order valence-electron chi connectivity index (χ2n) is 4.47. The molecule has 0 aromatic heterocycles. The van der Waals surface area contributed by atoms with Gasteiger partial charge in [0.1, 0.15) is 0 Å². The molecule has 1 saturated heterocycles. The lowest BCUT2D eigenvalue weighted by atomic mass is 9.97. The Balaban J connectivity index is 0.00000162. The second-order valence-corrected chi connectivity index (χ2v) is 4.91. The molecule has 1 aliphatic rings. The van der Waals surface area contributed by atoms with E-state index in [0.717, 1.165) is 37.2 Å². The lowest BCUT2D eigenvalue weighted by Gasteiger charge is -2.22. The molecule has 0 aliphatic carbocycles. The number of hydrogen-bond acceptors (Lipinski definition) is 2. The molecule has 1 fully saturated rings. The molecule has 0 radical (unpaired) electrons. The van der Waals surface area contributed by atoms with Crippen molar-refractivity contribution >= 4 is 35.6 Å². The molecule has 2 rings (SSSR count). The third-order valence-electron chi connectivity index (χ3n) is 3.17. The standard InChI is InChI=1S/C13H17ClN2O.ClH/c1-9-2-3-11(14)8-12(9)16-13(17)10-4-6-15-7-5-10;/h2-3,8,10,15H,4-7H2,1H3,(H,16,17);1H. The minimum absolute atomic E-state index is 0. The number of rotatable bonds is 2. The molecule has 0 bridgehead atoms. The zero-order valence-corrected chi connectivity index (χ0v) is 11.9. The van der Waals surface area contributed by atoms with Gasteiger partial charge in [0.25, 0.3) is 0 Å². The number of piperidine rings is 1. The van der Waals surface area contributed by atoms with Crippen molar-refractivity contribution in [2.24, 2.45) is 5.92 Å². The van der Waals surface area contributed by atoms with E-state index in [1.807, 2.05) is 19.1 Å². The van der Waals surface area contributed by atoms with E-state index < -0.39 is 0 Å². The summed E-state index contributed by atoms with van der Waals surface area (Å²) in [6.45, 7) is 3.81. The van der Waals surface area contributed by atoms with Crippen LogP contribution in [0.1, 0.15) is 18.4 Å². The minimum Gasteiger partial charge on any atom is -0.326 e. The first-order chi connectivity index (χ1) is 8.16. The zero-order chi connectivity index (χ0) is 12.3. The van der Waals surface area contributed by atoms with Gasteiger partial charge >= 0.3 is 0 Å². The van der Waals surface area contributed by atoms with Gasteiger partial charge in [-0.1, -0.05) is 17.7 Å². The number of carbonyl (C=O) groups is 1. The Morgan fingerprint density at radius 2 is 2.06 bits per heavy atom. The monoisotopic (exact) mass is 288 g/mol. The summed E-state index contributed by atoms with van der Waals surface area (Å²) in [5, 5.41) is 6.87. The molecule has 1 aromatic carbocycles. The van der Waals surface area contributed by atoms with Crippen LogP contribution in [0.25, 0.3) is 0 Å². The Morgan fingerprint density at radius 1 is 1.39 bits per heavy atom. The van der Waals surface area contributed by atoms with E-state index >= 15 is 0 Å². The van der Waals surface area contributed by atoms with E-state index in [1.165, 1.54) is 0 Å². The van der Waals surface area contributed by atoms with Crippen LogP contribution in [0.4, 0.5) is 5.69 Å². The summed E-state index contributed by atoms with van der Waals surface area (Å²) in [5.41, 5.74) is 1.86. The molecule has 0 atom stereocenters.